The SMILES string of the molecule is CC(C)OC(Cc1ccc(F)cc1F)(O[SiH3])OC(C)C. The number of ether oxygens (including phenoxy) is 2. The molecule has 0 heterocycles. The maximum Gasteiger partial charge on any atom is 0.277 e. The van der Waals surface area contributed by atoms with E-state index in [1.165, 1.54) is 12.1 Å². The van der Waals surface area contributed by atoms with Crippen LogP contribution in [0.4, 0.5) is 8.78 Å². The van der Waals surface area contributed by atoms with Crippen molar-refractivity contribution in [1.82, 2.24) is 0 Å². The molecule has 114 valence electrons. The number of benzene rings is 1. The van der Waals surface area contributed by atoms with Crippen LogP contribution in [0.15, 0.2) is 18.2 Å². The van der Waals surface area contributed by atoms with Gasteiger partial charge in [0.05, 0.1) is 18.6 Å². The molecule has 0 saturated heterocycles. The fourth-order valence-electron chi connectivity index (χ4n) is 1.90. The normalized spacial score (nSPS) is 12.6. The van der Waals surface area contributed by atoms with E-state index in [0.717, 1.165) is 6.07 Å². The van der Waals surface area contributed by atoms with E-state index in [1.54, 1.807) is 0 Å². The van der Waals surface area contributed by atoms with Gasteiger partial charge in [0.1, 0.15) is 11.6 Å². The summed E-state index contributed by atoms with van der Waals surface area (Å²) in [4.78, 5) is 0. The maximum atomic E-state index is 13.8. The molecule has 1 rings (SSSR count). The minimum Gasteiger partial charge on any atom is -0.380 e. The molecule has 0 atom stereocenters. The van der Waals surface area contributed by atoms with Gasteiger partial charge in [-0.1, -0.05) is 6.07 Å². The van der Waals surface area contributed by atoms with Crippen molar-refractivity contribution in [2.24, 2.45) is 0 Å². The summed E-state index contributed by atoms with van der Waals surface area (Å²) in [7, 11) is 0.368. The van der Waals surface area contributed by atoms with Gasteiger partial charge in [-0.05, 0) is 39.3 Å². The standard InChI is InChI=1S/C14H22F2O3Si/c1-9(2)17-14(19-20,18-10(3)4)8-11-5-6-12(15)7-13(11)16/h5-7,9-10H,8H2,1-4,20H3. The van der Waals surface area contributed by atoms with Crippen molar-refractivity contribution in [2.75, 3.05) is 0 Å². The summed E-state index contributed by atoms with van der Waals surface area (Å²) in [6.45, 7) is 7.39. The Kier molecular flexibility index (Phi) is 6.26. The molecular formula is C14H22F2O3Si. The molecule has 6 heteroatoms. The van der Waals surface area contributed by atoms with Crippen LogP contribution in [0.2, 0.25) is 0 Å². The van der Waals surface area contributed by atoms with Gasteiger partial charge in [-0.15, -0.1) is 0 Å². The van der Waals surface area contributed by atoms with Gasteiger partial charge in [0.25, 0.3) is 5.97 Å². The lowest BCUT2D eigenvalue weighted by Gasteiger charge is -2.36. The summed E-state index contributed by atoms with van der Waals surface area (Å²) in [5.74, 6) is -2.57. The first kappa shape index (κ1) is 17.2. The second-order valence-electron chi connectivity index (χ2n) is 5.13. The zero-order valence-corrected chi connectivity index (χ0v) is 14.6. The Bertz CT molecular complexity index is 428. The first-order valence-electron chi connectivity index (χ1n) is 6.62. The van der Waals surface area contributed by atoms with E-state index in [1.807, 2.05) is 27.7 Å². The van der Waals surface area contributed by atoms with Crippen LogP contribution in [-0.2, 0) is 20.3 Å². The molecule has 0 saturated carbocycles. The quantitative estimate of drug-likeness (QED) is 0.571. The van der Waals surface area contributed by atoms with E-state index < -0.39 is 17.6 Å². The van der Waals surface area contributed by atoms with Gasteiger partial charge in [-0.25, -0.2) is 8.78 Å². The van der Waals surface area contributed by atoms with Crippen molar-refractivity contribution in [1.29, 1.82) is 0 Å². The van der Waals surface area contributed by atoms with Gasteiger partial charge >= 0.3 is 0 Å². The largest absolute Gasteiger partial charge is 0.380 e. The third-order valence-corrected chi connectivity index (χ3v) is 3.19. The van der Waals surface area contributed by atoms with Crippen LogP contribution in [0.3, 0.4) is 0 Å². The van der Waals surface area contributed by atoms with Crippen molar-refractivity contribution < 1.29 is 22.7 Å². The highest BCUT2D eigenvalue weighted by Crippen LogP contribution is 2.25. The second kappa shape index (κ2) is 7.26. The Morgan fingerprint density at radius 2 is 1.65 bits per heavy atom. The minimum absolute atomic E-state index is 0.0684. The molecule has 0 spiro atoms. The third kappa shape index (κ3) is 4.94. The van der Waals surface area contributed by atoms with Crippen LogP contribution in [0, 0.1) is 11.6 Å². The Hall–Kier alpha value is -0.823. The van der Waals surface area contributed by atoms with Crippen LogP contribution in [0.25, 0.3) is 0 Å². The van der Waals surface area contributed by atoms with E-state index in [9.17, 15) is 8.78 Å². The molecule has 1 aromatic carbocycles. The molecule has 0 radical (unpaired) electrons. The topological polar surface area (TPSA) is 27.7 Å². The predicted octanol–water partition coefficient (Wildman–Crippen LogP) is 2.31. The van der Waals surface area contributed by atoms with Gasteiger partial charge < -0.3 is 13.9 Å². The first-order valence-corrected chi connectivity index (χ1v) is 7.44. The summed E-state index contributed by atoms with van der Waals surface area (Å²) in [5, 5.41) is 0. The van der Waals surface area contributed by atoms with E-state index in [-0.39, 0.29) is 18.6 Å². The molecule has 0 amide bonds. The number of hydrogen-bond acceptors (Lipinski definition) is 3. The van der Waals surface area contributed by atoms with E-state index in [2.05, 4.69) is 0 Å². The average molecular weight is 304 g/mol. The molecule has 0 aliphatic rings. The molecule has 0 aliphatic heterocycles. The lowest BCUT2D eigenvalue weighted by atomic mass is 10.1. The van der Waals surface area contributed by atoms with E-state index in [0.29, 0.717) is 16.0 Å². The van der Waals surface area contributed by atoms with Crippen LogP contribution in [-0.4, -0.2) is 28.7 Å². The highest BCUT2D eigenvalue weighted by molar-refractivity contribution is 5.98. The van der Waals surface area contributed by atoms with Gasteiger partial charge in [0.2, 0.25) is 0 Å². The summed E-state index contributed by atoms with van der Waals surface area (Å²) < 4.78 is 43.7. The highest BCUT2D eigenvalue weighted by atomic mass is 28.2. The van der Waals surface area contributed by atoms with Crippen molar-refractivity contribution >= 4 is 10.5 Å². The molecule has 1 aromatic rings. The van der Waals surface area contributed by atoms with Crippen LogP contribution in [0.5, 0.6) is 0 Å². The molecule has 0 aliphatic carbocycles. The molecule has 0 aromatic heterocycles. The smallest absolute Gasteiger partial charge is 0.277 e. The zero-order chi connectivity index (χ0) is 15.3. The van der Waals surface area contributed by atoms with Crippen molar-refractivity contribution in [2.45, 2.75) is 52.3 Å². The monoisotopic (exact) mass is 304 g/mol. The van der Waals surface area contributed by atoms with Gasteiger partial charge in [0.15, 0.2) is 10.5 Å². The molecule has 0 bridgehead atoms. The van der Waals surface area contributed by atoms with Crippen LogP contribution in [0.1, 0.15) is 33.3 Å². The molecular weight excluding hydrogens is 282 g/mol. The lowest BCUT2D eigenvalue weighted by Crippen LogP contribution is -2.44. The maximum absolute atomic E-state index is 13.8. The molecule has 3 nitrogen and oxygen atoms in total. The van der Waals surface area contributed by atoms with Crippen LogP contribution >= 0.6 is 0 Å². The van der Waals surface area contributed by atoms with Gasteiger partial charge in [-0.2, -0.15) is 0 Å². The lowest BCUT2D eigenvalue weighted by molar-refractivity contribution is -0.365. The number of hydrogen-bond donors (Lipinski definition) is 0. The molecule has 20 heavy (non-hydrogen) atoms. The van der Waals surface area contributed by atoms with Crippen molar-refractivity contribution in [3.05, 3.63) is 35.4 Å². The Morgan fingerprint density at radius 3 is 2.05 bits per heavy atom. The highest BCUT2D eigenvalue weighted by Gasteiger charge is 2.35. The van der Waals surface area contributed by atoms with Gasteiger partial charge in [0, 0.05) is 6.07 Å². The Morgan fingerprint density at radius 1 is 1.10 bits per heavy atom. The summed E-state index contributed by atoms with van der Waals surface area (Å²) in [6, 6.07) is 3.44. The van der Waals surface area contributed by atoms with Crippen molar-refractivity contribution in [3.63, 3.8) is 0 Å². The Labute approximate surface area is 121 Å². The fourth-order valence-corrected chi connectivity index (χ4v) is 2.23. The molecule has 0 fully saturated rings. The molecule has 0 unspecified atom stereocenters. The van der Waals surface area contributed by atoms with Gasteiger partial charge in [-0.3, -0.25) is 0 Å². The fraction of sp³-hybridized carbons (Fsp3) is 0.571. The third-order valence-electron chi connectivity index (χ3n) is 2.56. The van der Waals surface area contributed by atoms with Crippen molar-refractivity contribution in [3.8, 4) is 0 Å². The number of rotatable bonds is 7. The van der Waals surface area contributed by atoms with E-state index >= 15 is 0 Å². The minimum atomic E-state index is -1.33. The second-order valence-corrected chi connectivity index (χ2v) is 5.54. The zero-order valence-electron chi connectivity index (χ0n) is 12.6. The summed E-state index contributed by atoms with van der Waals surface area (Å²) in [5.41, 5.74) is 0.295. The first-order chi connectivity index (χ1) is 9.28. The Balaban J connectivity index is 3.03. The van der Waals surface area contributed by atoms with E-state index in [4.69, 9.17) is 13.9 Å². The summed E-state index contributed by atoms with van der Waals surface area (Å²) >= 11 is 0. The predicted molar refractivity (Wildman–Crippen MR) is 76.3 cm³/mol. The summed E-state index contributed by atoms with van der Waals surface area (Å²) in [6.07, 6.45) is -0.226. The molecule has 0 N–H and O–H groups in total. The van der Waals surface area contributed by atoms with Crippen LogP contribution < -0.4 is 0 Å². The average Bonchev–Trinajstić information content (AvgIpc) is 2.31. The number of halogens is 2.